The zero-order valence-electron chi connectivity index (χ0n) is 28.3. The first-order valence-corrected chi connectivity index (χ1v) is 16.8. The van der Waals surface area contributed by atoms with Crippen LogP contribution in [-0.2, 0) is 16.2 Å². The largest absolute Gasteiger partial charge is 0.0799 e. The van der Waals surface area contributed by atoms with Crippen LogP contribution in [0, 0.1) is 52.4 Å². The number of hydrogen-bond donors (Lipinski definition) is 0. The van der Waals surface area contributed by atoms with Gasteiger partial charge in [-0.1, -0.05) is 86.2 Å². The third kappa shape index (κ3) is 4.29. The van der Waals surface area contributed by atoms with E-state index >= 15 is 0 Å². The molecule has 0 spiro atoms. The second-order valence-electron chi connectivity index (χ2n) is 16.7. The molecule has 5 aliphatic carbocycles. The minimum Gasteiger partial charge on any atom is -0.0799 e. The Morgan fingerprint density at radius 1 is 0.442 bits per heavy atom. The minimum absolute atomic E-state index is 0.153. The summed E-state index contributed by atoms with van der Waals surface area (Å²) in [4.78, 5) is 0. The predicted molar refractivity (Wildman–Crippen MR) is 183 cm³/mol. The Morgan fingerprint density at radius 2 is 0.791 bits per heavy atom. The van der Waals surface area contributed by atoms with Gasteiger partial charge >= 0.3 is 0 Å². The molecule has 4 bridgehead atoms. The summed E-state index contributed by atoms with van der Waals surface area (Å²) in [5.41, 5.74) is 17.4. The summed E-state index contributed by atoms with van der Waals surface area (Å²) in [5, 5.41) is 0. The van der Waals surface area contributed by atoms with Crippen molar-refractivity contribution in [2.75, 3.05) is 0 Å². The van der Waals surface area contributed by atoms with Gasteiger partial charge in [0.2, 0.25) is 0 Å². The van der Waals surface area contributed by atoms with Crippen LogP contribution >= 0.6 is 0 Å². The average Bonchev–Trinajstić information content (AvgIpc) is 2.94. The second kappa shape index (κ2) is 9.32. The molecule has 0 atom stereocenters. The third-order valence-electron chi connectivity index (χ3n) is 13.3. The molecule has 0 heteroatoms. The van der Waals surface area contributed by atoms with Crippen molar-refractivity contribution in [3.8, 4) is 0 Å². The quantitative estimate of drug-likeness (QED) is 0.294. The molecular formula is C43H52. The van der Waals surface area contributed by atoms with E-state index in [0.717, 1.165) is 6.42 Å². The van der Waals surface area contributed by atoms with Gasteiger partial charge in [0.1, 0.15) is 0 Å². The maximum Gasteiger partial charge on any atom is -0.00214 e. The molecule has 0 aliphatic heterocycles. The van der Waals surface area contributed by atoms with Gasteiger partial charge in [-0.15, -0.1) is 0 Å². The van der Waals surface area contributed by atoms with Gasteiger partial charge in [0, 0.05) is 0 Å². The molecule has 4 fully saturated rings. The topological polar surface area (TPSA) is 0 Å². The molecule has 224 valence electrons. The molecule has 0 radical (unpaired) electrons. The zero-order valence-corrected chi connectivity index (χ0v) is 28.3. The van der Waals surface area contributed by atoms with E-state index in [1.165, 1.54) is 71.9 Å². The van der Waals surface area contributed by atoms with Gasteiger partial charge in [0.05, 0.1) is 0 Å². The van der Waals surface area contributed by atoms with Crippen molar-refractivity contribution in [3.05, 3.63) is 128 Å². The van der Waals surface area contributed by atoms with Crippen LogP contribution < -0.4 is 0 Å². The molecule has 4 saturated carbocycles. The van der Waals surface area contributed by atoms with Gasteiger partial charge in [-0.3, -0.25) is 0 Å². The first-order chi connectivity index (χ1) is 20.2. The van der Waals surface area contributed by atoms with Crippen LogP contribution in [0.25, 0.3) is 0 Å². The summed E-state index contributed by atoms with van der Waals surface area (Å²) in [7, 11) is 0. The molecular weight excluding hydrogens is 516 g/mol. The van der Waals surface area contributed by atoms with Gasteiger partial charge in [0.25, 0.3) is 0 Å². The second-order valence-corrected chi connectivity index (χ2v) is 16.7. The van der Waals surface area contributed by atoms with E-state index in [1.807, 2.05) is 0 Å². The lowest BCUT2D eigenvalue weighted by Gasteiger charge is -2.72. The highest BCUT2D eigenvalue weighted by Crippen LogP contribution is 2.76. The molecule has 0 saturated heterocycles. The number of rotatable bonds is 4. The molecule has 0 aromatic heterocycles. The van der Waals surface area contributed by atoms with Gasteiger partial charge in [-0.2, -0.15) is 0 Å². The van der Waals surface area contributed by atoms with Crippen molar-refractivity contribution in [2.45, 2.75) is 124 Å². The minimum atomic E-state index is 0.153. The summed E-state index contributed by atoms with van der Waals surface area (Å²) < 4.78 is 0. The molecule has 0 heterocycles. The fourth-order valence-corrected chi connectivity index (χ4v) is 10.5. The predicted octanol–water partition coefficient (Wildman–Crippen LogP) is 11.3. The zero-order chi connectivity index (χ0) is 30.6. The maximum atomic E-state index is 2.68. The number of hydrogen-bond acceptors (Lipinski definition) is 0. The Bertz CT molecular complexity index is 1530. The molecule has 3 aromatic carbocycles. The molecule has 0 N–H and O–H groups in total. The Morgan fingerprint density at radius 3 is 1.12 bits per heavy atom. The lowest BCUT2D eigenvalue weighted by molar-refractivity contribution is -0.0890. The normalized spacial score (nSPS) is 32.5. The van der Waals surface area contributed by atoms with Gasteiger partial charge in [-0.25, -0.2) is 0 Å². The number of aryl methyl sites for hydroxylation is 6. The van der Waals surface area contributed by atoms with E-state index in [0.29, 0.717) is 0 Å². The van der Waals surface area contributed by atoms with Crippen LogP contribution in [0.1, 0.15) is 116 Å². The van der Waals surface area contributed by atoms with Crippen molar-refractivity contribution in [1.29, 1.82) is 0 Å². The van der Waals surface area contributed by atoms with Crippen molar-refractivity contribution < 1.29 is 0 Å². The highest BCUT2D eigenvalue weighted by Gasteiger charge is 2.69. The molecule has 0 unspecified atom stereocenters. The lowest BCUT2D eigenvalue weighted by Crippen LogP contribution is -2.66. The van der Waals surface area contributed by atoms with Crippen LogP contribution in [0.5, 0.6) is 0 Å². The highest BCUT2D eigenvalue weighted by molar-refractivity contribution is 5.52. The SMILES string of the molecule is CC1=CC(C23CC4(c5ccc(C)c(C)c5)CC(c5ccc(C)c(C)c5)(C2)CC(c2ccc(C)c(C)c2)(C3)C4)=CCC1(C)C. The molecule has 0 amide bonds. The van der Waals surface area contributed by atoms with Crippen molar-refractivity contribution in [1.82, 2.24) is 0 Å². The Kier molecular flexibility index (Phi) is 6.26. The van der Waals surface area contributed by atoms with Gasteiger partial charge in [0.15, 0.2) is 0 Å². The first-order valence-electron chi connectivity index (χ1n) is 16.8. The summed E-state index contributed by atoms with van der Waals surface area (Å²) in [6.45, 7) is 21.0. The van der Waals surface area contributed by atoms with E-state index in [4.69, 9.17) is 0 Å². The van der Waals surface area contributed by atoms with Crippen LogP contribution in [0.4, 0.5) is 0 Å². The fraction of sp³-hybridized carbons (Fsp3) is 0.488. The first kappa shape index (κ1) is 28.9. The smallest absolute Gasteiger partial charge is 0.00214 e. The summed E-state index contributed by atoms with van der Waals surface area (Å²) in [6.07, 6.45) is 14.1. The monoisotopic (exact) mass is 568 g/mol. The van der Waals surface area contributed by atoms with Crippen molar-refractivity contribution >= 4 is 0 Å². The van der Waals surface area contributed by atoms with Gasteiger partial charge in [-0.05, 0) is 176 Å². The highest BCUT2D eigenvalue weighted by atomic mass is 14.7. The van der Waals surface area contributed by atoms with Gasteiger partial charge < -0.3 is 0 Å². The standard InChI is InChI=1S/C43H52/c1-28-10-13-35(18-31(28)4)40-22-41(36-14-11-29(2)32(5)19-36)24-42(23-40,37-15-12-30(3)33(6)20-37)27-43(25-40,26-41)38-16-17-39(8,9)34(7)21-38/h10-16,18-21H,17,22-27H2,1-9H3. The Hall–Kier alpha value is -2.86. The van der Waals surface area contributed by atoms with E-state index < -0.39 is 0 Å². The number of allylic oxidation sites excluding steroid dienone is 4. The Labute approximate surface area is 261 Å². The van der Waals surface area contributed by atoms with Crippen LogP contribution in [0.3, 0.4) is 0 Å². The molecule has 43 heavy (non-hydrogen) atoms. The summed E-state index contributed by atoms with van der Waals surface area (Å²) in [5.74, 6) is 0. The maximum absolute atomic E-state index is 2.68. The summed E-state index contributed by atoms with van der Waals surface area (Å²) in [6, 6.07) is 22.5. The van der Waals surface area contributed by atoms with Crippen molar-refractivity contribution in [2.24, 2.45) is 10.8 Å². The number of benzene rings is 3. The molecule has 5 aliphatic rings. The van der Waals surface area contributed by atoms with Crippen molar-refractivity contribution in [3.63, 3.8) is 0 Å². The summed E-state index contributed by atoms with van der Waals surface area (Å²) >= 11 is 0. The van der Waals surface area contributed by atoms with E-state index in [9.17, 15) is 0 Å². The van der Waals surface area contributed by atoms with E-state index in [2.05, 4.69) is 129 Å². The van der Waals surface area contributed by atoms with E-state index in [-0.39, 0.29) is 27.1 Å². The fourth-order valence-electron chi connectivity index (χ4n) is 10.5. The third-order valence-corrected chi connectivity index (χ3v) is 13.3. The molecule has 3 aromatic rings. The molecule has 8 rings (SSSR count). The average molecular weight is 569 g/mol. The van der Waals surface area contributed by atoms with Crippen LogP contribution in [0.15, 0.2) is 77.9 Å². The van der Waals surface area contributed by atoms with Crippen LogP contribution in [-0.4, -0.2) is 0 Å². The Balaban J connectivity index is 1.52. The van der Waals surface area contributed by atoms with E-state index in [1.54, 1.807) is 27.8 Å². The molecule has 0 nitrogen and oxygen atoms in total. The lowest BCUT2D eigenvalue weighted by atomic mass is 9.31. The van der Waals surface area contributed by atoms with Crippen LogP contribution in [0.2, 0.25) is 0 Å².